The molecular weight excluding hydrogens is 392 g/mol. The molecule has 7 nitrogen and oxygen atoms in total. The number of pyridine rings is 1. The van der Waals surface area contributed by atoms with Gasteiger partial charge in [-0.25, -0.2) is 0 Å². The Labute approximate surface area is 172 Å². The molecule has 2 aromatic heterocycles. The molecule has 0 aliphatic heterocycles. The second kappa shape index (κ2) is 6.57. The molecule has 2 fully saturated rings. The van der Waals surface area contributed by atoms with Crippen LogP contribution in [0.25, 0.3) is 21.8 Å². The number of fused-ring (bicyclic) bond motifs is 3. The summed E-state index contributed by atoms with van der Waals surface area (Å²) in [5.74, 6) is 0.411. The molecule has 0 spiro atoms. The zero-order chi connectivity index (χ0) is 20.3. The molecule has 1 aromatic carbocycles. The Hall–Kier alpha value is -2.38. The first-order valence-corrected chi connectivity index (χ1v) is 10.5. The van der Waals surface area contributed by atoms with Gasteiger partial charge < -0.3 is 20.1 Å². The molecule has 152 valence electrons. The number of benzene rings is 1. The van der Waals surface area contributed by atoms with Gasteiger partial charge in [-0.15, -0.1) is 0 Å². The summed E-state index contributed by atoms with van der Waals surface area (Å²) in [4.78, 5) is 25.9. The van der Waals surface area contributed by atoms with Crippen LogP contribution in [0, 0.1) is 6.92 Å². The standard InChI is InChI=1S/C21H23ClN4O3/c1-11-16-18(25-29-11)17-14(22)6-3-7-15(17)26(19(16)27)13-5-2-4-12(10-13)24-20(28)21(23)8-9-21/h3,6-7,12-13H,2,4-5,8-10,23H2,1H3,(H,24,28). The number of nitrogens with one attached hydrogen (secondary N) is 1. The van der Waals surface area contributed by atoms with Crippen molar-refractivity contribution in [2.24, 2.45) is 5.73 Å². The molecule has 2 unspecified atom stereocenters. The van der Waals surface area contributed by atoms with Crippen LogP contribution in [-0.4, -0.2) is 27.2 Å². The lowest BCUT2D eigenvalue weighted by Crippen LogP contribution is -2.48. The van der Waals surface area contributed by atoms with E-state index < -0.39 is 5.54 Å². The number of nitrogens with two attached hydrogens (primary N) is 1. The quantitative estimate of drug-likeness (QED) is 0.685. The van der Waals surface area contributed by atoms with Gasteiger partial charge in [0.2, 0.25) is 5.91 Å². The molecule has 0 radical (unpaired) electrons. The fourth-order valence-corrected chi connectivity index (χ4v) is 4.81. The summed E-state index contributed by atoms with van der Waals surface area (Å²) in [6.45, 7) is 1.74. The van der Waals surface area contributed by atoms with Crippen LogP contribution in [-0.2, 0) is 4.79 Å². The molecular formula is C21H23ClN4O3. The Morgan fingerprint density at radius 1 is 1.34 bits per heavy atom. The minimum atomic E-state index is -0.692. The lowest BCUT2D eigenvalue weighted by Gasteiger charge is -2.32. The summed E-state index contributed by atoms with van der Waals surface area (Å²) in [5, 5.41) is 8.94. The van der Waals surface area contributed by atoms with Crippen LogP contribution < -0.4 is 16.6 Å². The van der Waals surface area contributed by atoms with Gasteiger partial charge >= 0.3 is 0 Å². The van der Waals surface area contributed by atoms with Gasteiger partial charge in [0.1, 0.15) is 16.7 Å². The Morgan fingerprint density at radius 3 is 2.90 bits per heavy atom. The number of hydrogen-bond acceptors (Lipinski definition) is 5. The smallest absolute Gasteiger partial charge is 0.264 e. The molecule has 0 bridgehead atoms. The Kier molecular flexibility index (Phi) is 4.22. The third-order valence-electron chi connectivity index (χ3n) is 6.37. The second-order valence-electron chi connectivity index (χ2n) is 8.42. The number of aryl methyl sites for hydroxylation is 1. The van der Waals surface area contributed by atoms with Crippen LogP contribution in [0.1, 0.15) is 50.3 Å². The largest absolute Gasteiger partial charge is 0.360 e. The number of nitrogens with zero attached hydrogens (tertiary/aromatic N) is 2. The van der Waals surface area contributed by atoms with Crippen LogP contribution in [0.4, 0.5) is 0 Å². The van der Waals surface area contributed by atoms with Crippen molar-refractivity contribution in [3.63, 3.8) is 0 Å². The zero-order valence-corrected chi connectivity index (χ0v) is 17.0. The van der Waals surface area contributed by atoms with Crippen molar-refractivity contribution in [3.8, 4) is 0 Å². The molecule has 3 aromatic rings. The van der Waals surface area contributed by atoms with Gasteiger partial charge in [-0.2, -0.15) is 0 Å². The van der Waals surface area contributed by atoms with Gasteiger partial charge in [0.25, 0.3) is 5.56 Å². The fourth-order valence-electron chi connectivity index (χ4n) is 4.56. The highest BCUT2D eigenvalue weighted by atomic mass is 35.5. The first kappa shape index (κ1) is 18.6. The highest BCUT2D eigenvalue weighted by molar-refractivity contribution is 6.37. The number of carbonyl (C=O) groups is 1. The fraction of sp³-hybridized carbons (Fsp3) is 0.476. The summed E-state index contributed by atoms with van der Waals surface area (Å²) in [5.41, 5.74) is 6.47. The first-order chi connectivity index (χ1) is 13.9. The van der Waals surface area contributed by atoms with Crippen LogP contribution in [0.2, 0.25) is 5.02 Å². The van der Waals surface area contributed by atoms with E-state index in [4.69, 9.17) is 21.9 Å². The Morgan fingerprint density at radius 2 is 2.14 bits per heavy atom. The number of halogens is 1. The Bertz CT molecular complexity index is 1190. The van der Waals surface area contributed by atoms with Gasteiger partial charge in [-0.1, -0.05) is 22.8 Å². The van der Waals surface area contributed by atoms with Gasteiger partial charge in [0, 0.05) is 17.5 Å². The highest BCUT2D eigenvalue weighted by Gasteiger charge is 2.46. The lowest BCUT2D eigenvalue weighted by atomic mass is 9.90. The number of carbonyl (C=O) groups excluding carboxylic acids is 1. The number of amides is 1. The van der Waals surface area contributed by atoms with E-state index in [1.54, 1.807) is 13.0 Å². The van der Waals surface area contributed by atoms with E-state index in [1.165, 1.54) is 0 Å². The number of rotatable bonds is 3. The van der Waals surface area contributed by atoms with E-state index in [1.807, 2.05) is 16.7 Å². The van der Waals surface area contributed by atoms with Crippen molar-refractivity contribution >= 4 is 39.3 Å². The van der Waals surface area contributed by atoms with E-state index in [-0.39, 0.29) is 23.6 Å². The van der Waals surface area contributed by atoms with Crippen molar-refractivity contribution in [3.05, 3.63) is 39.3 Å². The van der Waals surface area contributed by atoms with E-state index in [2.05, 4.69) is 10.5 Å². The van der Waals surface area contributed by atoms with Gasteiger partial charge in [-0.05, 0) is 57.6 Å². The average Bonchev–Trinajstić information content (AvgIpc) is 3.33. The molecule has 2 aliphatic carbocycles. The summed E-state index contributed by atoms with van der Waals surface area (Å²) in [6.07, 6.45) is 4.82. The van der Waals surface area contributed by atoms with E-state index in [0.717, 1.165) is 43.0 Å². The van der Waals surface area contributed by atoms with Crippen molar-refractivity contribution in [1.82, 2.24) is 15.0 Å². The van der Waals surface area contributed by atoms with E-state index in [0.29, 0.717) is 28.1 Å². The average molecular weight is 415 g/mol. The molecule has 8 heteroatoms. The molecule has 2 saturated carbocycles. The molecule has 3 N–H and O–H groups in total. The summed E-state index contributed by atoms with van der Waals surface area (Å²) in [7, 11) is 0. The summed E-state index contributed by atoms with van der Waals surface area (Å²) < 4.78 is 7.15. The second-order valence-corrected chi connectivity index (χ2v) is 8.83. The monoisotopic (exact) mass is 414 g/mol. The first-order valence-electron chi connectivity index (χ1n) is 10.1. The maximum Gasteiger partial charge on any atom is 0.264 e. The maximum atomic E-state index is 13.4. The summed E-state index contributed by atoms with van der Waals surface area (Å²) in [6, 6.07) is 5.49. The lowest BCUT2D eigenvalue weighted by molar-refractivity contribution is -0.124. The van der Waals surface area contributed by atoms with Gasteiger partial charge in [0.05, 0.1) is 16.1 Å². The molecule has 0 saturated heterocycles. The molecule has 2 heterocycles. The predicted molar refractivity (Wildman–Crippen MR) is 111 cm³/mol. The van der Waals surface area contributed by atoms with Crippen LogP contribution in [0.15, 0.2) is 27.5 Å². The van der Waals surface area contributed by atoms with Crippen LogP contribution in [0.3, 0.4) is 0 Å². The van der Waals surface area contributed by atoms with Crippen molar-refractivity contribution < 1.29 is 9.32 Å². The number of hydrogen-bond donors (Lipinski definition) is 2. The zero-order valence-electron chi connectivity index (χ0n) is 16.2. The highest BCUT2D eigenvalue weighted by Crippen LogP contribution is 2.36. The topological polar surface area (TPSA) is 103 Å². The van der Waals surface area contributed by atoms with Crippen LogP contribution in [0.5, 0.6) is 0 Å². The third kappa shape index (κ3) is 2.95. The maximum absolute atomic E-state index is 13.4. The van der Waals surface area contributed by atoms with Gasteiger partial charge in [-0.3, -0.25) is 9.59 Å². The molecule has 1 amide bonds. The minimum Gasteiger partial charge on any atom is -0.360 e. The number of aromatic nitrogens is 2. The Balaban J connectivity index is 1.59. The predicted octanol–water partition coefficient (Wildman–Crippen LogP) is 3.20. The summed E-state index contributed by atoms with van der Waals surface area (Å²) >= 11 is 6.50. The minimum absolute atomic E-state index is 0.00248. The van der Waals surface area contributed by atoms with E-state index in [9.17, 15) is 9.59 Å². The van der Waals surface area contributed by atoms with Crippen LogP contribution >= 0.6 is 11.6 Å². The van der Waals surface area contributed by atoms with Crippen molar-refractivity contribution in [2.75, 3.05) is 0 Å². The normalized spacial score (nSPS) is 23.4. The molecule has 5 rings (SSSR count). The van der Waals surface area contributed by atoms with E-state index >= 15 is 0 Å². The molecule has 2 aliphatic rings. The molecule has 2 atom stereocenters. The van der Waals surface area contributed by atoms with Crippen molar-refractivity contribution in [2.45, 2.75) is 63.1 Å². The SMILES string of the molecule is Cc1onc2c1c(=O)n(C1CCCC(NC(=O)C3(N)CC3)C1)c1cccc(Cl)c21. The van der Waals surface area contributed by atoms with Crippen molar-refractivity contribution in [1.29, 1.82) is 0 Å². The van der Waals surface area contributed by atoms with Gasteiger partial charge in [0.15, 0.2) is 0 Å². The molecule has 29 heavy (non-hydrogen) atoms. The third-order valence-corrected chi connectivity index (χ3v) is 6.69.